The zero-order valence-electron chi connectivity index (χ0n) is 12.7. The molecule has 2 aliphatic rings. The maximum atomic E-state index is 12.5. The Kier molecular flexibility index (Phi) is 4.68. The van der Waals surface area contributed by atoms with Gasteiger partial charge in [-0.25, -0.2) is 0 Å². The second-order valence-electron chi connectivity index (χ2n) is 5.96. The molecule has 1 aromatic rings. The molecular weight excluding hydrogens is 316 g/mol. The summed E-state index contributed by atoms with van der Waals surface area (Å²) in [7, 11) is 0. The number of hydrogen-bond donors (Lipinski definition) is 2. The van der Waals surface area contributed by atoms with E-state index in [2.05, 4.69) is 5.32 Å². The highest BCUT2D eigenvalue weighted by Gasteiger charge is 2.25. The van der Waals surface area contributed by atoms with Crippen LogP contribution in [0.15, 0.2) is 30.4 Å². The molecule has 6 heteroatoms. The van der Waals surface area contributed by atoms with Gasteiger partial charge >= 0.3 is 0 Å². The third-order valence-corrected chi connectivity index (χ3v) is 4.63. The Hall–Kier alpha value is -1.85. The van der Waals surface area contributed by atoms with Crippen LogP contribution in [-0.2, 0) is 4.79 Å². The maximum Gasteiger partial charge on any atom is 0.253 e. The van der Waals surface area contributed by atoms with Crippen molar-refractivity contribution in [1.82, 2.24) is 5.32 Å². The van der Waals surface area contributed by atoms with E-state index in [-0.39, 0.29) is 30.4 Å². The van der Waals surface area contributed by atoms with E-state index in [1.807, 2.05) is 12.2 Å². The van der Waals surface area contributed by atoms with Crippen LogP contribution in [0.5, 0.6) is 0 Å². The lowest BCUT2D eigenvalue weighted by Gasteiger charge is -2.18. The summed E-state index contributed by atoms with van der Waals surface area (Å²) < 4.78 is 0. The first-order valence-corrected chi connectivity index (χ1v) is 8.16. The van der Waals surface area contributed by atoms with Gasteiger partial charge in [0.25, 0.3) is 5.91 Å². The molecule has 1 aliphatic heterocycles. The summed E-state index contributed by atoms with van der Waals surface area (Å²) in [4.78, 5) is 26.0. The quantitative estimate of drug-likeness (QED) is 0.829. The standard InChI is InChI=1S/C17H19ClN2O3/c18-15-6-5-13(20-7-1-2-16(20)22)9-14(15)17(23)19-12-4-3-11(8-12)10-21/h3-6,9,11-12,21H,1-2,7-8,10H2,(H,19,23)/t11-,12+/m0/s1. The van der Waals surface area contributed by atoms with Crippen molar-refractivity contribution in [2.24, 2.45) is 5.92 Å². The van der Waals surface area contributed by atoms with E-state index < -0.39 is 0 Å². The van der Waals surface area contributed by atoms with Gasteiger partial charge in [-0.2, -0.15) is 0 Å². The lowest BCUT2D eigenvalue weighted by Crippen LogP contribution is -2.33. The largest absolute Gasteiger partial charge is 0.396 e. The normalized spacial score (nSPS) is 23.6. The molecule has 3 rings (SSSR count). The van der Waals surface area contributed by atoms with Gasteiger partial charge < -0.3 is 15.3 Å². The number of anilines is 1. The molecule has 0 unspecified atom stereocenters. The van der Waals surface area contributed by atoms with Crippen molar-refractivity contribution in [1.29, 1.82) is 0 Å². The fraction of sp³-hybridized carbons (Fsp3) is 0.412. The Balaban J connectivity index is 1.75. The molecule has 1 fully saturated rings. The third kappa shape index (κ3) is 3.41. The summed E-state index contributed by atoms with van der Waals surface area (Å²) in [5.41, 5.74) is 1.07. The molecule has 0 spiro atoms. The first-order chi connectivity index (χ1) is 11.1. The van der Waals surface area contributed by atoms with Gasteiger partial charge in [0.05, 0.1) is 10.6 Å². The molecule has 2 amide bonds. The molecule has 122 valence electrons. The van der Waals surface area contributed by atoms with Crippen LogP contribution in [0.3, 0.4) is 0 Å². The second kappa shape index (κ2) is 6.72. The van der Waals surface area contributed by atoms with E-state index in [4.69, 9.17) is 16.7 Å². The van der Waals surface area contributed by atoms with Crippen molar-refractivity contribution in [2.45, 2.75) is 25.3 Å². The van der Waals surface area contributed by atoms with Crippen LogP contribution in [0.4, 0.5) is 5.69 Å². The molecule has 23 heavy (non-hydrogen) atoms. The van der Waals surface area contributed by atoms with E-state index in [1.165, 1.54) is 0 Å². The zero-order chi connectivity index (χ0) is 16.4. The predicted molar refractivity (Wildman–Crippen MR) is 88.6 cm³/mol. The van der Waals surface area contributed by atoms with E-state index >= 15 is 0 Å². The van der Waals surface area contributed by atoms with E-state index in [0.29, 0.717) is 35.7 Å². The number of aliphatic hydroxyl groups excluding tert-OH is 1. The third-order valence-electron chi connectivity index (χ3n) is 4.30. The van der Waals surface area contributed by atoms with Crippen LogP contribution >= 0.6 is 11.6 Å². The van der Waals surface area contributed by atoms with Crippen LogP contribution in [-0.4, -0.2) is 36.1 Å². The van der Waals surface area contributed by atoms with Crippen molar-refractivity contribution >= 4 is 29.1 Å². The van der Waals surface area contributed by atoms with Crippen LogP contribution < -0.4 is 10.2 Å². The number of hydrogen-bond acceptors (Lipinski definition) is 3. The number of benzene rings is 1. The van der Waals surface area contributed by atoms with Crippen molar-refractivity contribution in [2.75, 3.05) is 18.1 Å². The maximum absolute atomic E-state index is 12.5. The summed E-state index contributed by atoms with van der Waals surface area (Å²) in [6, 6.07) is 4.98. The number of aliphatic hydroxyl groups is 1. The summed E-state index contributed by atoms with van der Waals surface area (Å²) in [6.07, 6.45) is 5.86. The number of carbonyl (C=O) groups excluding carboxylic acids is 2. The van der Waals surface area contributed by atoms with Crippen LogP contribution in [0.2, 0.25) is 5.02 Å². The Bertz CT molecular complexity index is 659. The smallest absolute Gasteiger partial charge is 0.253 e. The van der Waals surface area contributed by atoms with Crippen molar-refractivity contribution in [3.8, 4) is 0 Å². The van der Waals surface area contributed by atoms with Crippen LogP contribution in [0.1, 0.15) is 29.6 Å². The minimum absolute atomic E-state index is 0.0724. The van der Waals surface area contributed by atoms with Crippen molar-refractivity contribution in [3.63, 3.8) is 0 Å². The molecule has 1 aliphatic carbocycles. The summed E-state index contributed by atoms with van der Waals surface area (Å²) in [6.45, 7) is 0.751. The molecule has 0 saturated carbocycles. The molecule has 5 nitrogen and oxygen atoms in total. The van der Waals surface area contributed by atoms with Gasteiger partial charge in [0, 0.05) is 37.2 Å². The number of rotatable bonds is 4. The van der Waals surface area contributed by atoms with E-state index in [0.717, 1.165) is 6.42 Å². The van der Waals surface area contributed by atoms with Gasteiger partial charge in [-0.3, -0.25) is 9.59 Å². The molecule has 1 heterocycles. The van der Waals surface area contributed by atoms with Crippen molar-refractivity contribution < 1.29 is 14.7 Å². The average molecular weight is 335 g/mol. The number of halogens is 1. The fourth-order valence-corrected chi connectivity index (χ4v) is 3.24. The Morgan fingerprint density at radius 1 is 1.39 bits per heavy atom. The monoisotopic (exact) mass is 334 g/mol. The molecule has 1 aromatic carbocycles. The highest BCUT2D eigenvalue weighted by molar-refractivity contribution is 6.34. The summed E-state index contributed by atoms with van der Waals surface area (Å²) in [5, 5.41) is 12.4. The summed E-state index contributed by atoms with van der Waals surface area (Å²) in [5.74, 6) is -0.107. The first-order valence-electron chi connectivity index (χ1n) is 7.78. The van der Waals surface area contributed by atoms with Crippen LogP contribution in [0, 0.1) is 5.92 Å². The SMILES string of the molecule is O=C(N[C@@H]1C=C[C@H](CO)C1)c1cc(N2CCCC2=O)ccc1Cl. The zero-order valence-corrected chi connectivity index (χ0v) is 13.4. The molecule has 2 N–H and O–H groups in total. The molecular formula is C17H19ClN2O3. The first kappa shape index (κ1) is 16.0. The van der Waals surface area contributed by atoms with Gasteiger partial charge in [-0.15, -0.1) is 0 Å². The average Bonchev–Trinajstić information content (AvgIpc) is 3.16. The van der Waals surface area contributed by atoms with Crippen LogP contribution in [0.25, 0.3) is 0 Å². The van der Waals surface area contributed by atoms with Crippen molar-refractivity contribution in [3.05, 3.63) is 40.9 Å². The highest BCUT2D eigenvalue weighted by Crippen LogP contribution is 2.27. The van der Waals surface area contributed by atoms with E-state index in [1.54, 1.807) is 23.1 Å². The predicted octanol–water partition coefficient (Wildman–Crippen LogP) is 2.13. The van der Waals surface area contributed by atoms with Gasteiger partial charge in [-0.05, 0) is 31.0 Å². The summed E-state index contributed by atoms with van der Waals surface area (Å²) >= 11 is 6.15. The topological polar surface area (TPSA) is 69.6 Å². The molecule has 2 atom stereocenters. The lowest BCUT2D eigenvalue weighted by molar-refractivity contribution is -0.117. The Morgan fingerprint density at radius 3 is 2.87 bits per heavy atom. The molecule has 0 bridgehead atoms. The van der Waals surface area contributed by atoms with Gasteiger partial charge in [-0.1, -0.05) is 23.8 Å². The Morgan fingerprint density at radius 2 is 2.22 bits per heavy atom. The van der Waals surface area contributed by atoms with Gasteiger partial charge in [0.2, 0.25) is 5.91 Å². The molecule has 1 saturated heterocycles. The minimum atomic E-state index is -0.267. The Labute approximate surface area is 139 Å². The lowest BCUT2D eigenvalue weighted by atomic mass is 10.1. The van der Waals surface area contributed by atoms with E-state index in [9.17, 15) is 9.59 Å². The number of carbonyl (C=O) groups is 2. The van der Waals surface area contributed by atoms with Gasteiger partial charge in [0.1, 0.15) is 0 Å². The highest BCUT2D eigenvalue weighted by atomic mass is 35.5. The molecule has 0 aromatic heterocycles. The molecule has 0 radical (unpaired) electrons. The fourth-order valence-electron chi connectivity index (χ4n) is 3.04. The second-order valence-corrected chi connectivity index (χ2v) is 6.36. The number of nitrogens with zero attached hydrogens (tertiary/aromatic N) is 1. The number of nitrogens with one attached hydrogen (secondary N) is 1. The van der Waals surface area contributed by atoms with Gasteiger partial charge in [0.15, 0.2) is 0 Å². The number of amides is 2. The minimum Gasteiger partial charge on any atom is -0.396 e.